The highest BCUT2D eigenvalue weighted by molar-refractivity contribution is 7.15. The van der Waals surface area contributed by atoms with Crippen molar-refractivity contribution in [3.63, 3.8) is 0 Å². The lowest BCUT2D eigenvalue weighted by atomic mass is 10.2. The zero-order valence-electron chi connectivity index (χ0n) is 9.31. The fourth-order valence-electron chi connectivity index (χ4n) is 1.57. The zero-order valence-corrected chi connectivity index (χ0v) is 10.9. The number of rotatable bonds is 3. The van der Waals surface area contributed by atoms with Crippen LogP contribution in [0.25, 0.3) is 0 Å². The third-order valence-electron chi connectivity index (χ3n) is 2.38. The van der Waals surface area contributed by atoms with Crippen molar-refractivity contribution in [2.75, 3.05) is 5.73 Å². The molecule has 0 aliphatic rings. The summed E-state index contributed by atoms with van der Waals surface area (Å²) in [5, 5.41) is 8.97. The van der Waals surface area contributed by atoms with Crippen molar-refractivity contribution in [2.24, 2.45) is 5.73 Å². The lowest BCUT2D eigenvalue weighted by Crippen LogP contribution is -2.29. The van der Waals surface area contributed by atoms with Gasteiger partial charge in [0, 0.05) is 11.1 Å². The van der Waals surface area contributed by atoms with Crippen LogP contribution in [-0.2, 0) is 6.54 Å². The van der Waals surface area contributed by atoms with Gasteiger partial charge in [-0.3, -0.25) is 10.2 Å². The van der Waals surface area contributed by atoms with Gasteiger partial charge in [-0.2, -0.15) is 0 Å². The molecule has 0 aromatic carbocycles. The highest BCUT2D eigenvalue weighted by Crippen LogP contribution is 2.19. The van der Waals surface area contributed by atoms with Crippen molar-refractivity contribution >= 4 is 33.8 Å². The molecular weight excluding hydrogens is 272 g/mol. The monoisotopic (exact) mass is 282 g/mol. The molecule has 0 radical (unpaired) electrons. The van der Waals surface area contributed by atoms with Crippen molar-refractivity contribution in [3.05, 3.63) is 45.3 Å². The van der Waals surface area contributed by atoms with Crippen LogP contribution in [0.4, 0.5) is 5.00 Å². The molecule has 2 aromatic heterocycles. The number of primary amides is 1. The summed E-state index contributed by atoms with van der Waals surface area (Å²) >= 11 is 7.33. The highest BCUT2D eigenvalue weighted by Gasteiger charge is 2.09. The Kier molecular flexibility index (Phi) is 3.40. The first kappa shape index (κ1) is 12.7. The van der Waals surface area contributed by atoms with E-state index in [1.165, 1.54) is 17.4 Å². The molecule has 2 heterocycles. The summed E-state index contributed by atoms with van der Waals surface area (Å²) in [4.78, 5) is 12.2. The number of pyridine rings is 1. The van der Waals surface area contributed by atoms with E-state index in [4.69, 9.17) is 28.5 Å². The van der Waals surface area contributed by atoms with Crippen molar-refractivity contribution in [1.82, 2.24) is 4.57 Å². The van der Waals surface area contributed by atoms with Gasteiger partial charge in [-0.05, 0) is 18.2 Å². The second-order valence-electron chi connectivity index (χ2n) is 3.72. The number of thiophene rings is 1. The maximum Gasteiger partial charge on any atom is 0.252 e. The molecule has 0 aliphatic heterocycles. The lowest BCUT2D eigenvalue weighted by Gasteiger charge is -2.08. The second kappa shape index (κ2) is 4.83. The van der Waals surface area contributed by atoms with Gasteiger partial charge in [0.25, 0.3) is 5.91 Å². The average Bonchev–Trinajstić information content (AvgIpc) is 2.68. The molecule has 94 valence electrons. The van der Waals surface area contributed by atoms with E-state index < -0.39 is 5.91 Å². The summed E-state index contributed by atoms with van der Waals surface area (Å²) in [6.07, 6.45) is 1.59. The predicted molar refractivity (Wildman–Crippen MR) is 71.6 cm³/mol. The Morgan fingerprint density at radius 2 is 2.22 bits per heavy atom. The van der Waals surface area contributed by atoms with E-state index in [-0.39, 0.29) is 11.1 Å². The third kappa shape index (κ3) is 2.55. The minimum absolute atomic E-state index is 0.0406. The highest BCUT2D eigenvalue weighted by atomic mass is 35.5. The molecule has 5 nitrogen and oxygen atoms in total. The van der Waals surface area contributed by atoms with Gasteiger partial charge in [-0.15, -0.1) is 11.3 Å². The van der Waals surface area contributed by atoms with Crippen LogP contribution in [0.2, 0.25) is 5.02 Å². The molecule has 0 spiro atoms. The van der Waals surface area contributed by atoms with E-state index in [2.05, 4.69) is 0 Å². The van der Waals surface area contributed by atoms with Crippen LogP contribution in [0.5, 0.6) is 0 Å². The van der Waals surface area contributed by atoms with Crippen LogP contribution < -0.4 is 17.0 Å². The van der Waals surface area contributed by atoms with E-state index in [9.17, 15) is 4.79 Å². The standard InChI is InChI=1S/C11H11ClN4OS/c12-6-3-8(11(15)17)10(14)16(4-6)5-7-1-2-9(13)18-7/h1-4,14H,5,13H2,(H2,15,17). The number of hydrogen-bond acceptors (Lipinski definition) is 4. The number of halogens is 1. The molecule has 2 aromatic rings. The summed E-state index contributed by atoms with van der Waals surface area (Å²) in [5.41, 5.74) is 11.0. The quantitative estimate of drug-likeness (QED) is 0.793. The maximum atomic E-state index is 11.2. The number of nitrogens with two attached hydrogens (primary N) is 2. The Morgan fingerprint density at radius 1 is 1.50 bits per heavy atom. The van der Waals surface area contributed by atoms with E-state index in [0.717, 1.165) is 4.88 Å². The largest absolute Gasteiger partial charge is 0.391 e. The first-order valence-electron chi connectivity index (χ1n) is 5.06. The number of carbonyl (C=O) groups excluding carboxylic acids is 1. The summed E-state index contributed by atoms with van der Waals surface area (Å²) in [7, 11) is 0. The molecule has 0 bridgehead atoms. The lowest BCUT2D eigenvalue weighted by molar-refractivity contribution is 0.0998. The Hall–Kier alpha value is -1.79. The molecule has 2 rings (SSSR count). The van der Waals surface area contributed by atoms with Gasteiger partial charge in [0.05, 0.1) is 22.1 Å². The first-order chi connectivity index (χ1) is 8.47. The molecule has 0 fully saturated rings. The number of anilines is 1. The number of nitrogens with one attached hydrogen (secondary N) is 1. The molecule has 18 heavy (non-hydrogen) atoms. The smallest absolute Gasteiger partial charge is 0.252 e. The predicted octanol–water partition coefficient (Wildman–Crippen LogP) is 1.41. The average molecular weight is 283 g/mol. The van der Waals surface area contributed by atoms with Gasteiger partial charge in [0.15, 0.2) is 0 Å². The van der Waals surface area contributed by atoms with Crippen LogP contribution in [0.3, 0.4) is 0 Å². The van der Waals surface area contributed by atoms with Gasteiger partial charge < -0.3 is 16.0 Å². The molecule has 0 saturated carbocycles. The van der Waals surface area contributed by atoms with Gasteiger partial charge in [-0.25, -0.2) is 0 Å². The minimum Gasteiger partial charge on any atom is -0.391 e. The Morgan fingerprint density at radius 3 is 2.78 bits per heavy atom. The second-order valence-corrected chi connectivity index (χ2v) is 5.35. The SMILES string of the molecule is N=c1c(C(N)=O)cc(Cl)cn1Cc1ccc(N)s1. The molecule has 5 N–H and O–H groups in total. The molecule has 0 unspecified atom stereocenters. The fourth-order valence-corrected chi connectivity index (χ4v) is 2.58. The van der Waals surface area contributed by atoms with Crippen LogP contribution in [-0.4, -0.2) is 10.5 Å². The minimum atomic E-state index is -0.665. The molecule has 0 aliphatic carbocycles. The fraction of sp³-hybridized carbons (Fsp3) is 0.0909. The Labute approximate surface area is 112 Å². The number of nitrogens with zero attached hydrogens (tertiary/aromatic N) is 1. The third-order valence-corrected chi connectivity index (χ3v) is 3.48. The Balaban J connectivity index is 2.45. The van der Waals surface area contributed by atoms with E-state index in [1.807, 2.05) is 6.07 Å². The maximum absolute atomic E-state index is 11.2. The van der Waals surface area contributed by atoms with Crippen LogP contribution in [0, 0.1) is 5.41 Å². The summed E-state index contributed by atoms with van der Waals surface area (Å²) in [6, 6.07) is 5.06. The van der Waals surface area contributed by atoms with E-state index in [0.29, 0.717) is 16.6 Å². The van der Waals surface area contributed by atoms with E-state index >= 15 is 0 Å². The van der Waals surface area contributed by atoms with Crippen molar-refractivity contribution < 1.29 is 4.79 Å². The summed E-state index contributed by atoms with van der Waals surface area (Å²) in [6.45, 7) is 0.432. The van der Waals surface area contributed by atoms with Crippen molar-refractivity contribution in [3.8, 4) is 0 Å². The van der Waals surface area contributed by atoms with Crippen LogP contribution in [0.1, 0.15) is 15.2 Å². The molecule has 0 saturated heterocycles. The number of nitrogen functional groups attached to an aromatic ring is 1. The van der Waals surface area contributed by atoms with Crippen LogP contribution >= 0.6 is 22.9 Å². The van der Waals surface area contributed by atoms with Gasteiger partial charge in [0.1, 0.15) is 5.49 Å². The number of hydrogen-bond donors (Lipinski definition) is 3. The van der Waals surface area contributed by atoms with Crippen LogP contribution in [0.15, 0.2) is 24.4 Å². The number of amides is 1. The molecule has 7 heteroatoms. The zero-order chi connectivity index (χ0) is 13.3. The topological polar surface area (TPSA) is 97.9 Å². The molecule has 1 amide bonds. The normalized spacial score (nSPS) is 10.5. The number of aromatic nitrogens is 1. The number of carbonyl (C=O) groups is 1. The van der Waals surface area contributed by atoms with Crippen molar-refractivity contribution in [2.45, 2.75) is 6.54 Å². The van der Waals surface area contributed by atoms with Gasteiger partial charge in [-0.1, -0.05) is 11.6 Å². The summed E-state index contributed by atoms with van der Waals surface area (Å²) in [5.74, 6) is -0.665. The Bertz CT molecular complexity index is 661. The van der Waals surface area contributed by atoms with E-state index in [1.54, 1.807) is 16.8 Å². The first-order valence-corrected chi connectivity index (χ1v) is 6.25. The molecular formula is C11H11ClN4OS. The van der Waals surface area contributed by atoms with Gasteiger partial charge >= 0.3 is 0 Å². The van der Waals surface area contributed by atoms with Gasteiger partial charge in [0.2, 0.25) is 0 Å². The summed E-state index contributed by atoms with van der Waals surface area (Å²) < 4.78 is 1.56. The van der Waals surface area contributed by atoms with Crippen molar-refractivity contribution in [1.29, 1.82) is 5.41 Å². The molecule has 0 atom stereocenters.